The highest BCUT2D eigenvalue weighted by atomic mass is 32.2. The molecule has 2 heterocycles. The maximum absolute atomic E-state index is 4.55. The van der Waals surface area contributed by atoms with Crippen LogP contribution in [0.15, 0.2) is 10.5 Å². The quantitative estimate of drug-likeness (QED) is 0.913. The van der Waals surface area contributed by atoms with Crippen LogP contribution in [0.2, 0.25) is 0 Å². The second kappa shape index (κ2) is 5.87. The van der Waals surface area contributed by atoms with E-state index in [0.29, 0.717) is 5.25 Å². The van der Waals surface area contributed by atoms with Crippen LogP contribution < -0.4 is 5.32 Å². The molecule has 0 saturated carbocycles. The maximum atomic E-state index is 4.55. The van der Waals surface area contributed by atoms with Crippen molar-refractivity contribution in [3.05, 3.63) is 16.1 Å². The summed E-state index contributed by atoms with van der Waals surface area (Å²) in [5.41, 5.74) is 3.03. The number of thiazole rings is 1. The van der Waals surface area contributed by atoms with Gasteiger partial charge in [0.25, 0.3) is 0 Å². The first-order chi connectivity index (χ1) is 8.15. The third-order valence-corrected chi connectivity index (χ3v) is 4.80. The van der Waals surface area contributed by atoms with Gasteiger partial charge in [-0.15, -0.1) is 11.3 Å². The molecule has 0 spiro atoms. The van der Waals surface area contributed by atoms with E-state index in [9.17, 15) is 0 Å². The fourth-order valence-electron chi connectivity index (χ4n) is 1.81. The Labute approximate surface area is 111 Å². The zero-order valence-corrected chi connectivity index (χ0v) is 12.2. The van der Waals surface area contributed by atoms with Gasteiger partial charge in [-0.3, -0.25) is 4.99 Å². The number of nitrogens with zero attached hydrogens (tertiary/aromatic N) is 2. The molecule has 0 saturated heterocycles. The average Bonchev–Trinajstić information content (AvgIpc) is 2.84. The van der Waals surface area contributed by atoms with E-state index in [-0.39, 0.29) is 0 Å². The molecule has 1 aliphatic rings. The third kappa shape index (κ3) is 3.71. The van der Waals surface area contributed by atoms with E-state index in [1.54, 1.807) is 11.3 Å². The Morgan fingerprint density at radius 2 is 2.35 bits per heavy atom. The number of aryl methyl sites for hydroxylation is 1. The molecule has 1 aromatic heterocycles. The van der Waals surface area contributed by atoms with Gasteiger partial charge in [-0.05, 0) is 19.3 Å². The fourth-order valence-corrected chi connectivity index (χ4v) is 3.78. The summed E-state index contributed by atoms with van der Waals surface area (Å²) >= 11 is 3.60. The molecule has 94 valence electrons. The fraction of sp³-hybridized carbons (Fsp3) is 0.667. The van der Waals surface area contributed by atoms with Gasteiger partial charge in [0.15, 0.2) is 5.17 Å². The van der Waals surface area contributed by atoms with Crippen molar-refractivity contribution in [1.82, 2.24) is 10.3 Å². The molecule has 0 aliphatic carbocycles. The summed E-state index contributed by atoms with van der Waals surface area (Å²) in [7, 11) is 0. The molecular weight excluding hydrogens is 250 g/mol. The van der Waals surface area contributed by atoms with Gasteiger partial charge in [0.2, 0.25) is 0 Å². The van der Waals surface area contributed by atoms with Gasteiger partial charge < -0.3 is 5.32 Å². The molecule has 1 aliphatic heterocycles. The van der Waals surface area contributed by atoms with Crippen molar-refractivity contribution in [3.8, 4) is 0 Å². The summed E-state index contributed by atoms with van der Waals surface area (Å²) in [6.07, 6.45) is 1.25. The Morgan fingerprint density at radius 3 is 3.00 bits per heavy atom. The summed E-state index contributed by atoms with van der Waals surface area (Å²) in [4.78, 5) is 10.1. The van der Waals surface area contributed by atoms with E-state index in [2.05, 4.69) is 36.1 Å². The van der Waals surface area contributed by atoms with Crippen molar-refractivity contribution in [2.75, 3.05) is 6.54 Å². The normalized spacial score (nSPS) is 19.8. The zero-order valence-electron chi connectivity index (χ0n) is 10.6. The van der Waals surface area contributed by atoms with Crippen LogP contribution in [0.3, 0.4) is 0 Å². The van der Waals surface area contributed by atoms with Crippen LogP contribution in [-0.4, -0.2) is 21.9 Å². The lowest BCUT2D eigenvalue weighted by atomic mass is 10.1. The van der Waals surface area contributed by atoms with Crippen molar-refractivity contribution < 1.29 is 0 Å². The smallest absolute Gasteiger partial charge is 0.157 e. The highest BCUT2D eigenvalue weighted by molar-refractivity contribution is 8.14. The highest BCUT2D eigenvalue weighted by Crippen LogP contribution is 2.25. The standard InChI is InChI=1S/C12H19N3S2/c1-8(2)4-10-5-13-12(17-10)14-6-11-9(3)15-7-16-11/h7-8,10H,4-6H2,1-3H3,(H,13,14). The minimum Gasteiger partial charge on any atom is -0.360 e. The zero-order chi connectivity index (χ0) is 12.3. The van der Waals surface area contributed by atoms with E-state index in [1.807, 2.05) is 17.3 Å². The van der Waals surface area contributed by atoms with Crippen LogP contribution in [0.4, 0.5) is 0 Å². The lowest BCUT2D eigenvalue weighted by molar-refractivity contribution is 0.575. The Morgan fingerprint density at radius 1 is 1.53 bits per heavy atom. The van der Waals surface area contributed by atoms with Gasteiger partial charge in [-0.25, -0.2) is 4.98 Å². The van der Waals surface area contributed by atoms with Crippen molar-refractivity contribution in [1.29, 1.82) is 0 Å². The van der Waals surface area contributed by atoms with Crippen LogP contribution >= 0.6 is 23.1 Å². The topological polar surface area (TPSA) is 37.3 Å². The summed E-state index contributed by atoms with van der Waals surface area (Å²) in [5, 5.41) is 5.18. The van der Waals surface area contributed by atoms with Gasteiger partial charge >= 0.3 is 0 Å². The number of hydrogen-bond acceptors (Lipinski definition) is 5. The number of amidine groups is 1. The molecule has 0 aromatic carbocycles. The number of thioether (sulfide) groups is 1. The van der Waals surface area contributed by atoms with Crippen molar-refractivity contribution in [2.45, 2.75) is 39.0 Å². The van der Waals surface area contributed by atoms with E-state index < -0.39 is 0 Å². The number of rotatable bonds is 4. The molecule has 5 heteroatoms. The first kappa shape index (κ1) is 12.9. The molecule has 0 fully saturated rings. The molecule has 0 radical (unpaired) electrons. The molecule has 3 nitrogen and oxygen atoms in total. The second-order valence-corrected chi connectivity index (χ2v) is 6.96. The molecule has 1 aromatic rings. The van der Waals surface area contributed by atoms with Crippen LogP contribution in [0.25, 0.3) is 0 Å². The van der Waals surface area contributed by atoms with Crippen LogP contribution in [0.1, 0.15) is 30.8 Å². The van der Waals surface area contributed by atoms with Gasteiger partial charge in [-0.1, -0.05) is 25.6 Å². The van der Waals surface area contributed by atoms with E-state index in [1.165, 1.54) is 11.3 Å². The molecule has 1 unspecified atom stereocenters. The Kier molecular flexibility index (Phi) is 4.45. The van der Waals surface area contributed by atoms with Crippen molar-refractivity contribution in [2.24, 2.45) is 10.9 Å². The summed E-state index contributed by atoms with van der Waals surface area (Å²) in [6.45, 7) is 8.42. The van der Waals surface area contributed by atoms with Crippen LogP contribution in [0.5, 0.6) is 0 Å². The summed E-state index contributed by atoms with van der Waals surface area (Å²) in [6, 6.07) is 0. The van der Waals surface area contributed by atoms with Crippen molar-refractivity contribution in [3.63, 3.8) is 0 Å². The average molecular weight is 269 g/mol. The van der Waals surface area contributed by atoms with Crippen LogP contribution in [-0.2, 0) is 6.54 Å². The number of nitrogens with one attached hydrogen (secondary N) is 1. The highest BCUT2D eigenvalue weighted by Gasteiger charge is 2.20. The summed E-state index contributed by atoms with van der Waals surface area (Å²) in [5.74, 6) is 0.755. The third-order valence-electron chi connectivity index (χ3n) is 2.70. The molecule has 2 rings (SSSR count). The molecular formula is C12H19N3S2. The van der Waals surface area contributed by atoms with Gasteiger partial charge in [0.05, 0.1) is 24.3 Å². The lowest BCUT2D eigenvalue weighted by Crippen LogP contribution is -2.19. The monoisotopic (exact) mass is 269 g/mol. The Balaban J connectivity index is 1.77. The Hall–Kier alpha value is -0.550. The minimum atomic E-state index is 0.667. The first-order valence-corrected chi connectivity index (χ1v) is 7.75. The lowest BCUT2D eigenvalue weighted by Gasteiger charge is -2.11. The molecule has 17 heavy (non-hydrogen) atoms. The first-order valence-electron chi connectivity index (χ1n) is 5.99. The predicted molar refractivity (Wildman–Crippen MR) is 76.8 cm³/mol. The number of hydrogen-bond donors (Lipinski definition) is 1. The number of aromatic nitrogens is 1. The molecule has 1 N–H and O–H groups in total. The molecule has 1 atom stereocenters. The van der Waals surface area contributed by atoms with Gasteiger partial charge in [0.1, 0.15) is 0 Å². The van der Waals surface area contributed by atoms with Crippen molar-refractivity contribution >= 4 is 28.3 Å². The summed E-state index contributed by atoms with van der Waals surface area (Å²) < 4.78 is 0. The van der Waals surface area contributed by atoms with Crippen LogP contribution in [0, 0.1) is 12.8 Å². The van der Waals surface area contributed by atoms with E-state index >= 15 is 0 Å². The van der Waals surface area contributed by atoms with Gasteiger partial charge in [-0.2, -0.15) is 0 Å². The van der Waals surface area contributed by atoms with Gasteiger partial charge in [0, 0.05) is 10.1 Å². The maximum Gasteiger partial charge on any atom is 0.157 e. The SMILES string of the molecule is Cc1ncsc1CNC1=NCC(CC(C)C)S1. The largest absolute Gasteiger partial charge is 0.360 e. The number of aliphatic imine (C=N–C) groups is 1. The Bertz CT molecular complexity index is 398. The minimum absolute atomic E-state index is 0.667. The van der Waals surface area contributed by atoms with E-state index in [4.69, 9.17) is 0 Å². The molecule has 0 bridgehead atoms. The second-order valence-electron chi connectivity index (χ2n) is 4.73. The molecule has 0 amide bonds. The predicted octanol–water partition coefficient (Wildman–Crippen LogP) is 3.06. The van der Waals surface area contributed by atoms with E-state index in [0.717, 1.165) is 29.9 Å².